The fraction of sp³-hybridized carbons (Fsp3) is 0.500. The number of nitrogens with zero attached hydrogens (tertiary/aromatic N) is 1. The second kappa shape index (κ2) is 7.31. The van der Waals surface area contributed by atoms with Gasteiger partial charge in [-0.2, -0.15) is 0 Å². The summed E-state index contributed by atoms with van der Waals surface area (Å²) in [6.07, 6.45) is 1.45. The number of rotatable bonds is 5. The summed E-state index contributed by atoms with van der Waals surface area (Å²) in [6.45, 7) is 2.64. The van der Waals surface area contributed by atoms with Crippen LogP contribution in [0.4, 0.5) is 0 Å². The number of carbonyl (C=O) groups excluding carboxylic acids is 1. The Kier molecular flexibility index (Phi) is 5.61. The topological polar surface area (TPSA) is 101 Å². The first-order chi connectivity index (χ1) is 11.2. The van der Waals surface area contributed by atoms with Gasteiger partial charge in [-0.1, -0.05) is 13.0 Å². The molecule has 2 rings (SSSR count). The van der Waals surface area contributed by atoms with Crippen molar-refractivity contribution in [2.45, 2.75) is 30.7 Å². The molecule has 1 aromatic carbocycles. The van der Waals surface area contributed by atoms with Gasteiger partial charge in [0.15, 0.2) is 9.84 Å². The van der Waals surface area contributed by atoms with E-state index in [1.807, 2.05) is 6.92 Å². The van der Waals surface area contributed by atoms with E-state index in [-0.39, 0.29) is 30.4 Å². The fourth-order valence-electron chi connectivity index (χ4n) is 2.74. The summed E-state index contributed by atoms with van der Waals surface area (Å²) in [7, 11) is -3.44. The van der Waals surface area contributed by atoms with E-state index in [1.54, 1.807) is 6.07 Å². The van der Waals surface area contributed by atoms with E-state index in [9.17, 15) is 18.0 Å². The highest BCUT2D eigenvalue weighted by Crippen LogP contribution is 2.21. The van der Waals surface area contributed by atoms with Gasteiger partial charge in [-0.15, -0.1) is 0 Å². The van der Waals surface area contributed by atoms with Gasteiger partial charge < -0.3 is 14.7 Å². The van der Waals surface area contributed by atoms with Gasteiger partial charge in [0.1, 0.15) is 0 Å². The van der Waals surface area contributed by atoms with Gasteiger partial charge in [0.2, 0.25) is 0 Å². The third-order valence-corrected chi connectivity index (χ3v) is 5.13. The third kappa shape index (κ3) is 4.12. The summed E-state index contributed by atoms with van der Waals surface area (Å²) >= 11 is 0. The molecular weight excluding hydrogens is 334 g/mol. The monoisotopic (exact) mass is 355 g/mol. The summed E-state index contributed by atoms with van der Waals surface area (Å²) < 4.78 is 28.8. The van der Waals surface area contributed by atoms with Crippen LogP contribution in [0.25, 0.3) is 0 Å². The summed E-state index contributed by atoms with van der Waals surface area (Å²) in [5, 5.41) is 9.01. The van der Waals surface area contributed by atoms with Crippen molar-refractivity contribution >= 4 is 21.7 Å². The molecule has 8 heteroatoms. The van der Waals surface area contributed by atoms with Gasteiger partial charge in [0.25, 0.3) is 5.91 Å². The number of amides is 1. The van der Waals surface area contributed by atoms with Gasteiger partial charge >= 0.3 is 5.97 Å². The standard InChI is InChI=1S/C16H21NO6S/c1-3-11-4-5-13(24(2,21)22)9-14(11)16(20)17-6-7-23-10-12(17)8-15(18)19/h4-5,9,12H,3,6-8,10H2,1-2H3,(H,18,19). The molecule has 1 aliphatic rings. The van der Waals surface area contributed by atoms with Crippen LogP contribution in [0.3, 0.4) is 0 Å². The number of carboxylic acids is 1. The zero-order chi connectivity index (χ0) is 17.9. The molecule has 0 aromatic heterocycles. The number of aliphatic carboxylic acids is 1. The molecule has 7 nitrogen and oxygen atoms in total. The Hall–Kier alpha value is -1.93. The smallest absolute Gasteiger partial charge is 0.305 e. The van der Waals surface area contributed by atoms with Crippen molar-refractivity contribution in [3.63, 3.8) is 0 Å². The largest absolute Gasteiger partial charge is 0.481 e. The number of sulfone groups is 1. The highest BCUT2D eigenvalue weighted by Gasteiger charge is 2.31. The van der Waals surface area contributed by atoms with Gasteiger partial charge in [-0.05, 0) is 24.1 Å². The molecule has 132 valence electrons. The number of hydrogen-bond donors (Lipinski definition) is 1. The number of morpholine rings is 1. The van der Waals surface area contributed by atoms with Crippen LogP contribution in [0.1, 0.15) is 29.3 Å². The van der Waals surface area contributed by atoms with Gasteiger partial charge in [0.05, 0.1) is 30.6 Å². The van der Waals surface area contributed by atoms with Crippen molar-refractivity contribution in [3.05, 3.63) is 29.3 Å². The minimum atomic E-state index is -3.44. The summed E-state index contributed by atoms with van der Waals surface area (Å²) in [4.78, 5) is 25.5. The van der Waals surface area contributed by atoms with E-state index < -0.39 is 21.8 Å². The van der Waals surface area contributed by atoms with Crippen LogP contribution in [0.2, 0.25) is 0 Å². The molecule has 1 unspecified atom stereocenters. The highest BCUT2D eigenvalue weighted by atomic mass is 32.2. The third-order valence-electron chi connectivity index (χ3n) is 4.02. The van der Waals surface area contributed by atoms with Crippen molar-refractivity contribution in [3.8, 4) is 0 Å². The van der Waals surface area contributed by atoms with E-state index in [0.717, 1.165) is 11.8 Å². The van der Waals surface area contributed by atoms with E-state index >= 15 is 0 Å². The number of ether oxygens (including phenoxy) is 1. The Bertz CT molecular complexity index is 743. The highest BCUT2D eigenvalue weighted by molar-refractivity contribution is 7.90. The zero-order valence-corrected chi connectivity index (χ0v) is 14.5. The molecule has 1 aliphatic heterocycles. The molecule has 0 radical (unpaired) electrons. The fourth-order valence-corrected chi connectivity index (χ4v) is 3.39. The van der Waals surface area contributed by atoms with Crippen LogP contribution < -0.4 is 0 Å². The predicted molar refractivity (Wildman–Crippen MR) is 86.8 cm³/mol. The maximum absolute atomic E-state index is 12.9. The summed E-state index contributed by atoms with van der Waals surface area (Å²) in [6, 6.07) is 3.94. The van der Waals surface area contributed by atoms with Gasteiger partial charge in [0, 0.05) is 18.4 Å². The Morgan fingerprint density at radius 2 is 2.08 bits per heavy atom. The maximum atomic E-state index is 12.9. The number of benzene rings is 1. The lowest BCUT2D eigenvalue weighted by Gasteiger charge is -2.35. The van der Waals surface area contributed by atoms with E-state index in [4.69, 9.17) is 9.84 Å². The molecule has 1 heterocycles. The molecule has 1 N–H and O–H groups in total. The second-order valence-corrected chi connectivity index (χ2v) is 7.79. The average Bonchev–Trinajstić information content (AvgIpc) is 2.52. The van der Waals surface area contributed by atoms with Crippen LogP contribution in [-0.4, -0.2) is 62.4 Å². The Labute approximate surface area is 141 Å². The Balaban J connectivity index is 2.41. The first-order valence-corrected chi connectivity index (χ1v) is 9.56. The number of aryl methyl sites for hydroxylation is 1. The molecule has 0 bridgehead atoms. The first kappa shape index (κ1) is 18.4. The zero-order valence-electron chi connectivity index (χ0n) is 13.7. The van der Waals surface area contributed by atoms with Crippen LogP contribution >= 0.6 is 0 Å². The normalized spacial score (nSPS) is 18.4. The minimum absolute atomic E-state index is 0.0751. The molecular formula is C16H21NO6S. The lowest BCUT2D eigenvalue weighted by molar-refractivity contribution is -0.139. The number of carboxylic acid groups (broad SMARTS) is 1. The lowest BCUT2D eigenvalue weighted by atomic mass is 10.0. The van der Waals surface area contributed by atoms with Crippen LogP contribution in [-0.2, 0) is 25.8 Å². The lowest BCUT2D eigenvalue weighted by Crippen LogP contribution is -2.49. The van der Waals surface area contributed by atoms with E-state index in [0.29, 0.717) is 18.6 Å². The minimum Gasteiger partial charge on any atom is -0.481 e. The van der Waals surface area contributed by atoms with Crippen molar-refractivity contribution < 1.29 is 27.9 Å². The number of carbonyl (C=O) groups is 2. The van der Waals surface area contributed by atoms with Crippen LogP contribution in [0.5, 0.6) is 0 Å². The Morgan fingerprint density at radius 3 is 2.67 bits per heavy atom. The summed E-state index contributed by atoms with van der Waals surface area (Å²) in [5.74, 6) is -1.36. The van der Waals surface area contributed by atoms with E-state index in [1.165, 1.54) is 17.0 Å². The molecule has 0 aliphatic carbocycles. The molecule has 1 aromatic rings. The first-order valence-electron chi connectivity index (χ1n) is 7.67. The average molecular weight is 355 g/mol. The van der Waals surface area contributed by atoms with Crippen molar-refractivity contribution in [2.75, 3.05) is 26.0 Å². The van der Waals surface area contributed by atoms with Crippen molar-refractivity contribution in [2.24, 2.45) is 0 Å². The maximum Gasteiger partial charge on any atom is 0.305 e. The quantitative estimate of drug-likeness (QED) is 0.844. The predicted octanol–water partition coefficient (Wildman–Crippen LogP) is 0.968. The number of hydrogen-bond acceptors (Lipinski definition) is 5. The summed E-state index contributed by atoms with van der Waals surface area (Å²) in [5.41, 5.74) is 1.03. The molecule has 1 amide bonds. The SMILES string of the molecule is CCc1ccc(S(C)(=O)=O)cc1C(=O)N1CCOCC1CC(=O)O. The molecule has 1 atom stereocenters. The van der Waals surface area contributed by atoms with Crippen molar-refractivity contribution in [1.82, 2.24) is 4.90 Å². The molecule has 0 spiro atoms. The van der Waals surface area contributed by atoms with Gasteiger partial charge in [-0.25, -0.2) is 8.42 Å². The van der Waals surface area contributed by atoms with E-state index in [2.05, 4.69) is 0 Å². The van der Waals surface area contributed by atoms with Crippen molar-refractivity contribution in [1.29, 1.82) is 0 Å². The van der Waals surface area contributed by atoms with Gasteiger partial charge in [-0.3, -0.25) is 9.59 Å². The molecule has 0 saturated carbocycles. The molecule has 24 heavy (non-hydrogen) atoms. The van der Waals surface area contributed by atoms with Crippen LogP contribution in [0, 0.1) is 0 Å². The molecule has 1 fully saturated rings. The Morgan fingerprint density at radius 1 is 1.38 bits per heavy atom. The van der Waals surface area contributed by atoms with Crippen LogP contribution in [0.15, 0.2) is 23.1 Å². The second-order valence-electron chi connectivity index (χ2n) is 5.77. The molecule has 1 saturated heterocycles.